The molecule has 1 unspecified atom stereocenters. The molecule has 0 aliphatic carbocycles. The van der Waals surface area contributed by atoms with E-state index in [4.69, 9.17) is 9.47 Å². The molecular weight excluding hydrogens is 299 g/mol. The van der Waals surface area contributed by atoms with E-state index in [1.165, 1.54) is 6.07 Å². The Balaban J connectivity index is 2.22. The number of hydrogen-bond acceptors (Lipinski definition) is 4. The van der Waals surface area contributed by atoms with Crippen LogP contribution < -0.4 is 0 Å². The van der Waals surface area contributed by atoms with Crippen molar-refractivity contribution in [2.24, 2.45) is 0 Å². The van der Waals surface area contributed by atoms with Gasteiger partial charge in [0.1, 0.15) is 11.9 Å². The Morgan fingerprint density at radius 3 is 2.48 bits per heavy atom. The summed E-state index contributed by atoms with van der Waals surface area (Å²) in [6.07, 6.45) is 3.00. The second-order valence-corrected chi connectivity index (χ2v) is 5.43. The van der Waals surface area contributed by atoms with E-state index in [1.807, 2.05) is 0 Å². The summed E-state index contributed by atoms with van der Waals surface area (Å²) in [4.78, 5) is 23.2. The molecule has 0 fully saturated rings. The Bertz CT molecular complexity index is 502. The van der Waals surface area contributed by atoms with Gasteiger partial charge in [0.2, 0.25) is 0 Å². The highest BCUT2D eigenvalue weighted by molar-refractivity contribution is 5.72. The van der Waals surface area contributed by atoms with Crippen LogP contribution in [-0.4, -0.2) is 18.5 Å². The van der Waals surface area contributed by atoms with Gasteiger partial charge in [0.25, 0.3) is 0 Å². The summed E-state index contributed by atoms with van der Waals surface area (Å²) in [5, 5.41) is 0. The molecule has 128 valence electrons. The number of ether oxygens (including phenoxy) is 2. The van der Waals surface area contributed by atoms with Crippen molar-refractivity contribution < 1.29 is 23.5 Å². The van der Waals surface area contributed by atoms with Crippen LogP contribution in [0, 0.1) is 5.82 Å². The number of benzene rings is 1. The van der Waals surface area contributed by atoms with Crippen LogP contribution in [0.4, 0.5) is 4.39 Å². The van der Waals surface area contributed by atoms with E-state index >= 15 is 0 Å². The summed E-state index contributed by atoms with van der Waals surface area (Å²) in [6, 6.07) is 6.19. The van der Waals surface area contributed by atoms with Crippen LogP contribution in [0.2, 0.25) is 0 Å². The first-order chi connectivity index (χ1) is 11.0. The van der Waals surface area contributed by atoms with E-state index in [-0.39, 0.29) is 18.8 Å². The summed E-state index contributed by atoms with van der Waals surface area (Å²) in [5.74, 6) is -1.14. The molecule has 0 N–H and O–H groups in total. The molecule has 1 aromatic rings. The van der Waals surface area contributed by atoms with Crippen molar-refractivity contribution in [2.45, 2.75) is 58.5 Å². The number of hydrogen-bond donors (Lipinski definition) is 0. The van der Waals surface area contributed by atoms with Crippen molar-refractivity contribution in [3.63, 3.8) is 0 Å². The first kappa shape index (κ1) is 19.1. The Kier molecular flexibility index (Phi) is 8.95. The fourth-order valence-corrected chi connectivity index (χ4v) is 2.11. The van der Waals surface area contributed by atoms with Crippen molar-refractivity contribution in [3.05, 3.63) is 35.6 Å². The minimum atomic E-state index is -0.648. The van der Waals surface area contributed by atoms with E-state index in [0.717, 1.165) is 19.3 Å². The second kappa shape index (κ2) is 10.8. The van der Waals surface area contributed by atoms with E-state index < -0.39 is 17.9 Å². The highest BCUT2D eigenvalue weighted by Crippen LogP contribution is 2.20. The van der Waals surface area contributed by atoms with Crippen LogP contribution in [0.3, 0.4) is 0 Å². The fraction of sp³-hybridized carbons (Fsp3) is 0.556. The van der Waals surface area contributed by atoms with E-state index in [0.29, 0.717) is 18.6 Å². The lowest BCUT2D eigenvalue weighted by molar-refractivity contribution is -0.149. The number of rotatable bonds is 10. The third-order valence-electron chi connectivity index (χ3n) is 3.42. The van der Waals surface area contributed by atoms with Crippen molar-refractivity contribution in [1.82, 2.24) is 0 Å². The molecule has 1 rings (SSSR count). The Morgan fingerprint density at radius 1 is 1.09 bits per heavy atom. The topological polar surface area (TPSA) is 52.6 Å². The first-order valence-electron chi connectivity index (χ1n) is 8.14. The van der Waals surface area contributed by atoms with Crippen LogP contribution in [0.25, 0.3) is 0 Å². The maximum absolute atomic E-state index is 13.6. The van der Waals surface area contributed by atoms with Gasteiger partial charge in [0.15, 0.2) is 0 Å². The molecule has 1 aromatic carbocycles. The van der Waals surface area contributed by atoms with Crippen LogP contribution in [0.5, 0.6) is 0 Å². The number of carbonyl (C=O) groups excluding carboxylic acids is 2. The molecule has 0 heterocycles. The van der Waals surface area contributed by atoms with Gasteiger partial charge in [0, 0.05) is 18.4 Å². The largest absolute Gasteiger partial charge is 0.466 e. The number of esters is 2. The zero-order valence-electron chi connectivity index (χ0n) is 13.8. The zero-order valence-corrected chi connectivity index (χ0v) is 13.8. The number of carbonyl (C=O) groups is 2. The molecule has 4 nitrogen and oxygen atoms in total. The van der Waals surface area contributed by atoms with E-state index in [2.05, 4.69) is 6.92 Å². The van der Waals surface area contributed by atoms with Gasteiger partial charge in [0.05, 0.1) is 6.61 Å². The SMILES string of the molecule is CCCCCOC(=O)CCCC(=O)OC(C)c1ccccc1F. The van der Waals surface area contributed by atoms with Crippen LogP contribution in [0.15, 0.2) is 24.3 Å². The molecule has 5 heteroatoms. The molecule has 0 bridgehead atoms. The van der Waals surface area contributed by atoms with Crippen LogP contribution >= 0.6 is 0 Å². The average Bonchev–Trinajstić information content (AvgIpc) is 2.52. The summed E-state index contributed by atoms with van der Waals surface area (Å²) in [6.45, 7) is 4.13. The monoisotopic (exact) mass is 324 g/mol. The lowest BCUT2D eigenvalue weighted by Gasteiger charge is -2.14. The van der Waals surface area contributed by atoms with Crippen molar-refractivity contribution in [1.29, 1.82) is 0 Å². The van der Waals surface area contributed by atoms with Gasteiger partial charge in [-0.15, -0.1) is 0 Å². The molecule has 0 amide bonds. The summed E-state index contributed by atoms with van der Waals surface area (Å²) >= 11 is 0. The van der Waals surface area contributed by atoms with Crippen LogP contribution in [-0.2, 0) is 19.1 Å². The second-order valence-electron chi connectivity index (χ2n) is 5.43. The molecule has 23 heavy (non-hydrogen) atoms. The van der Waals surface area contributed by atoms with Gasteiger partial charge in [-0.25, -0.2) is 4.39 Å². The van der Waals surface area contributed by atoms with Gasteiger partial charge in [-0.05, 0) is 25.8 Å². The minimum Gasteiger partial charge on any atom is -0.466 e. The van der Waals surface area contributed by atoms with Crippen molar-refractivity contribution in [2.75, 3.05) is 6.61 Å². The standard InChI is InChI=1S/C18H25FO4/c1-3-4-7-13-22-17(20)11-8-12-18(21)23-14(2)15-9-5-6-10-16(15)19/h5-6,9-10,14H,3-4,7-8,11-13H2,1-2H3. The third-order valence-corrected chi connectivity index (χ3v) is 3.42. The minimum absolute atomic E-state index is 0.114. The molecule has 0 spiro atoms. The summed E-state index contributed by atoms with van der Waals surface area (Å²) < 4.78 is 23.8. The van der Waals surface area contributed by atoms with E-state index in [9.17, 15) is 14.0 Å². The van der Waals surface area contributed by atoms with Gasteiger partial charge < -0.3 is 9.47 Å². The Morgan fingerprint density at radius 2 is 1.78 bits per heavy atom. The number of halogens is 1. The Labute approximate surface area is 137 Å². The average molecular weight is 324 g/mol. The molecule has 1 atom stereocenters. The van der Waals surface area contributed by atoms with Gasteiger partial charge in [-0.1, -0.05) is 38.0 Å². The number of unbranched alkanes of at least 4 members (excludes halogenated alkanes) is 2. The van der Waals surface area contributed by atoms with E-state index in [1.54, 1.807) is 25.1 Å². The molecule has 0 radical (unpaired) electrons. The van der Waals surface area contributed by atoms with Crippen molar-refractivity contribution in [3.8, 4) is 0 Å². The normalized spacial score (nSPS) is 11.8. The maximum Gasteiger partial charge on any atom is 0.306 e. The van der Waals surface area contributed by atoms with Gasteiger partial charge in [-0.2, -0.15) is 0 Å². The highest BCUT2D eigenvalue weighted by atomic mass is 19.1. The molecule has 0 saturated heterocycles. The maximum atomic E-state index is 13.6. The quantitative estimate of drug-likeness (QED) is 0.475. The summed E-state index contributed by atoms with van der Waals surface area (Å²) in [7, 11) is 0. The molecule has 0 aliphatic rings. The predicted octanol–water partition coefficient (Wildman–Crippen LogP) is 4.33. The lowest BCUT2D eigenvalue weighted by Crippen LogP contribution is -2.11. The molecular formula is C18H25FO4. The molecule has 0 aliphatic heterocycles. The zero-order chi connectivity index (χ0) is 17.1. The first-order valence-corrected chi connectivity index (χ1v) is 8.14. The Hall–Kier alpha value is -1.91. The van der Waals surface area contributed by atoms with Crippen molar-refractivity contribution >= 4 is 11.9 Å². The summed E-state index contributed by atoms with van der Waals surface area (Å²) in [5.41, 5.74) is 0.344. The van der Waals surface area contributed by atoms with Gasteiger partial charge >= 0.3 is 11.9 Å². The molecule has 0 saturated carbocycles. The van der Waals surface area contributed by atoms with Crippen LogP contribution in [0.1, 0.15) is 64.0 Å². The fourth-order valence-electron chi connectivity index (χ4n) is 2.11. The molecule has 0 aromatic heterocycles. The van der Waals surface area contributed by atoms with Gasteiger partial charge in [-0.3, -0.25) is 9.59 Å². The third kappa shape index (κ3) is 7.77. The smallest absolute Gasteiger partial charge is 0.306 e. The lowest BCUT2D eigenvalue weighted by atomic mass is 10.1. The highest BCUT2D eigenvalue weighted by Gasteiger charge is 2.15. The predicted molar refractivity (Wildman–Crippen MR) is 85.2 cm³/mol.